The number of hydroxylamine groups is 1. The number of aromatic hydroxyl groups is 2. The maximum Gasteiger partial charge on any atom is 0.162 e. The number of anilines is 1. The number of nitrogens with one attached hydrogen (secondary N) is 2. The third kappa shape index (κ3) is 7.30. The van der Waals surface area contributed by atoms with Crippen LogP contribution in [0.5, 0.6) is 17.2 Å². The average Bonchev–Trinajstić information content (AvgIpc) is 2.90. The van der Waals surface area contributed by atoms with Gasteiger partial charge < -0.3 is 20.4 Å². The zero-order valence-electron chi connectivity index (χ0n) is 20.3. The number of para-hydroxylation sites is 2. The first kappa shape index (κ1) is 25.2. The first-order valence-corrected chi connectivity index (χ1v) is 11.4. The second-order valence-electron chi connectivity index (χ2n) is 8.43. The summed E-state index contributed by atoms with van der Waals surface area (Å²) in [5.74, 6) is 1.43. The van der Waals surface area contributed by atoms with E-state index in [1.165, 1.54) is 0 Å². The van der Waals surface area contributed by atoms with E-state index in [0.717, 1.165) is 28.1 Å². The second-order valence-corrected chi connectivity index (χ2v) is 8.43. The Kier molecular flexibility index (Phi) is 8.79. The van der Waals surface area contributed by atoms with E-state index in [1.807, 2.05) is 92.0 Å². The van der Waals surface area contributed by atoms with Crippen molar-refractivity contribution in [1.82, 2.24) is 5.48 Å². The van der Waals surface area contributed by atoms with Crippen molar-refractivity contribution >= 4 is 11.8 Å². The number of fused-ring (bicyclic) bond motifs is 1. The molecule has 1 aliphatic rings. The quantitative estimate of drug-likeness (QED) is 0.269. The molecule has 4 aromatic rings. The Bertz CT molecular complexity index is 1160. The summed E-state index contributed by atoms with van der Waals surface area (Å²) in [6.45, 7) is 4.23. The van der Waals surface area contributed by atoms with Crippen LogP contribution in [0.1, 0.15) is 30.5 Å². The first-order valence-electron chi connectivity index (χ1n) is 11.4. The minimum absolute atomic E-state index is 0.151. The fourth-order valence-electron chi connectivity index (χ4n) is 3.46. The standard InChI is InChI=1S/C15H16O2.C8H7NO.C7H9N/c1-15(2,11-3-7-13(16)8-4-11)12-5-9-14(17)10-6-12;1-2-4-8-7(3-1)5-6-9-10-8;1-8-7-5-3-2-4-6-7/h3-10,16-17H,1-2H3;1-6,9H;2-6,8H,1H3. The Morgan fingerprint density at radius 1 is 0.686 bits per heavy atom. The molecule has 0 fully saturated rings. The number of phenolic OH excluding ortho intramolecular Hbond substituents is 2. The zero-order chi connectivity index (χ0) is 25.1. The van der Waals surface area contributed by atoms with Crippen LogP contribution in [0.15, 0.2) is 109 Å². The van der Waals surface area contributed by atoms with Gasteiger partial charge in [0.1, 0.15) is 11.5 Å². The molecule has 5 nitrogen and oxygen atoms in total. The fraction of sp³-hybridized carbons (Fsp3) is 0.133. The predicted molar refractivity (Wildman–Crippen MR) is 144 cm³/mol. The summed E-state index contributed by atoms with van der Waals surface area (Å²) in [7, 11) is 1.91. The zero-order valence-corrected chi connectivity index (χ0v) is 20.3. The average molecular weight is 469 g/mol. The van der Waals surface area contributed by atoms with Gasteiger partial charge >= 0.3 is 0 Å². The maximum absolute atomic E-state index is 9.30. The second kappa shape index (κ2) is 12.2. The molecular weight excluding hydrogens is 436 g/mol. The van der Waals surface area contributed by atoms with Crippen LogP contribution in [0, 0.1) is 0 Å². The van der Waals surface area contributed by atoms with E-state index >= 15 is 0 Å². The van der Waals surface area contributed by atoms with E-state index in [2.05, 4.69) is 24.6 Å². The van der Waals surface area contributed by atoms with Gasteiger partial charge in [0.15, 0.2) is 5.75 Å². The van der Waals surface area contributed by atoms with Crippen molar-refractivity contribution < 1.29 is 15.1 Å². The molecule has 0 bridgehead atoms. The smallest absolute Gasteiger partial charge is 0.162 e. The van der Waals surface area contributed by atoms with E-state index in [-0.39, 0.29) is 16.9 Å². The maximum atomic E-state index is 9.30. The van der Waals surface area contributed by atoms with Crippen molar-refractivity contribution in [1.29, 1.82) is 0 Å². The highest BCUT2D eigenvalue weighted by atomic mass is 16.6. The molecule has 4 N–H and O–H groups in total. The molecule has 0 aliphatic carbocycles. The van der Waals surface area contributed by atoms with E-state index in [1.54, 1.807) is 30.5 Å². The van der Waals surface area contributed by atoms with Crippen LogP contribution in [0.2, 0.25) is 0 Å². The van der Waals surface area contributed by atoms with Crippen molar-refractivity contribution in [2.45, 2.75) is 19.3 Å². The molecule has 1 aliphatic heterocycles. The van der Waals surface area contributed by atoms with Gasteiger partial charge in [-0.1, -0.05) is 74.5 Å². The van der Waals surface area contributed by atoms with Gasteiger partial charge in [-0.15, -0.1) is 0 Å². The first-order chi connectivity index (χ1) is 16.9. The molecule has 1 heterocycles. The van der Waals surface area contributed by atoms with Gasteiger partial charge in [0.25, 0.3) is 0 Å². The van der Waals surface area contributed by atoms with Crippen LogP contribution in [0.25, 0.3) is 6.08 Å². The van der Waals surface area contributed by atoms with E-state index in [9.17, 15) is 10.2 Å². The summed E-state index contributed by atoms with van der Waals surface area (Å²) in [6, 6.07) is 32.4. The van der Waals surface area contributed by atoms with Crippen molar-refractivity contribution in [3.63, 3.8) is 0 Å². The summed E-state index contributed by atoms with van der Waals surface area (Å²) in [5.41, 5.74) is 7.03. The van der Waals surface area contributed by atoms with Gasteiger partial charge in [-0.25, -0.2) is 5.48 Å². The molecule has 0 saturated carbocycles. The molecular formula is C30H32N2O3. The Morgan fingerprint density at radius 2 is 1.20 bits per heavy atom. The lowest BCUT2D eigenvalue weighted by Gasteiger charge is -2.26. The molecule has 0 radical (unpaired) electrons. The molecule has 0 spiro atoms. The summed E-state index contributed by atoms with van der Waals surface area (Å²) in [4.78, 5) is 5.09. The molecule has 4 aromatic carbocycles. The minimum Gasteiger partial charge on any atom is -0.508 e. The van der Waals surface area contributed by atoms with Gasteiger partial charge in [-0.05, 0) is 59.7 Å². The van der Waals surface area contributed by atoms with Gasteiger partial charge in [0.05, 0.1) is 0 Å². The van der Waals surface area contributed by atoms with Crippen LogP contribution < -0.4 is 15.6 Å². The van der Waals surface area contributed by atoms with E-state index < -0.39 is 0 Å². The summed E-state index contributed by atoms with van der Waals surface area (Å²) < 4.78 is 0. The number of phenols is 2. The highest BCUT2D eigenvalue weighted by molar-refractivity contribution is 5.58. The largest absolute Gasteiger partial charge is 0.508 e. The van der Waals surface area contributed by atoms with Crippen molar-refractivity contribution in [3.05, 3.63) is 126 Å². The Balaban J connectivity index is 0.000000161. The van der Waals surface area contributed by atoms with Gasteiger partial charge in [-0.2, -0.15) is 0 Å². The van der Waals surface area contributed by atoms with Crippen molar-refractivity contribution in [2.24, 2.45) is 0 Å². The fourth-order valence-corrected chi connectivity index (χ4v) is 3.46. The molecule has 0 amide bonds. The predicted octanol–water partition coefficient (Wildman–Crippen LogP) is 6.71. The topological polar surface area (TPSA) is 73.8 Å². The Hall–Kier alpha value is -4.38. The summed E-state index contributed by atoms with van der Waals surface area (Å²) in [5, 5.41) is 21.6. The van der Waals surface area contributed by atoms with Crippen molar-refractivity contribution in [2.75, 3.05) is 12.4 Å². The summed E-state index contributed by atoms with van der Waals surface area (Å²) >= 11 is 0. The van der Waals surface area contributed by atoms with Crippen LogP contribution in [0.3, 0.4) is 0 Å². The molecule has 0 aromatic heterocycles. The minimum atomic E-state index is -0.151. The van der Waals surface area contributed by atoms with Crippen LogP contribution >= 0.6 is 0 Å². The third-order valence-corrected chi connectivity index (χ3v) is 5.66. The number of hydrogen-bond acceptors (Lipinski definition) is 5. The lowest BCUT2D eigenvalue weighted by molar-refractivity contribution is 0.239. The molecule has 0 saturated heterocycles. The molecule has 5 rings (SSSR count). The molecule has 35 heavy (non-hydrogen) atoms. The third-order valence-electron chi connectivity index (χ3n) is 5.66. The van der Waals surface area contributed by atoms with Gasteiger partial charge in [0, 0.05) is 29.9 Å². The number of benzene rings is 4. The monoisotopic (exact) mass is 468 g/mol. The normalized spacial score (nSPS) is 11.3. The van der Waals surface area contributed by atoms with Crippen LogP contribution in [-0.2, 0) is 5.41 Å². The highest BCUT2D eigenvalue weighted by Crippen LogP contribution is 2.32. The highest BCUT2D eigenvalue weighted by Gasteiger charge is 2.22. The van der Waals surface area contributed by atoms with Gasteiger partial charge in [-0.3, -0.25) is 0 Å². The molecule has 5 heteroatoms. The Labute approximate surface area is 207 Å². The van der Waals surface area contributed by atoms with Gasteiger partial charge in [0.2, 0.25) is 0 Å². The molecule has 0 atom stereocenters. The SMILES string of the molecule is C1=Cc2ccccc2ON1.CC(C)(c1ccc(O)cc1)c1ccc(O)cc1.CNc1ccccc1. The van der Waals surface area contributed by atoms with E-state index in [4.69, 9.17) is 4.84 Å². The van der Waals surface area contributed by atoms with Crippen LogP contribution in [0.4, 0.5) is 5.69 Å². The summed E-state index contributed by atoms with van der Waals surface area (Å²) in [6.07, 6.45) is 3.74. The number of rotatable bonds is 3. The molecule has 180 valence electrons. The number of hydrogen-bond donors (Lipinski definition) is 4. The Morgan fingerprint density at radius 3 is 1.69 bits per heavy atom. The lowest BCUT2D eigenvalue weighted by atomic mass is 9.78. The van der Waals surface area contributed by atoms with Crippen molar-refractivity contribution in [3.8, 4) is 17.2 Å². The van der Waals surface area contributed by atoms with E-state index in [0.29, 0.717) is 0 Å². The van der Waals surface area contributed by atoms with Crippen LogP contribution in [-0.4, -0.2) is 17.3 Å². The lowest BCUT2D eigenvalue weighted by Crippen LogP contribution is -2.18. The molecule has 0 unspecified atom stereocenters.